The zero-order valence-electron chi connectivity index (χ0n) is 12.3. The Morgan fingerprint density at radius 3 is 2.61 bits per heavy atom. The summed E-state index contributed by atoms with van der Waals surface area (Å²) in [6.45, 7) is 12.4. The number of rotatable bonds is 3. The van der Waals surface area contributed by atoms with Crippen LogP contribution in [0, 0.1) is 5.92 Å². The van der Waals surface area contributed by atoms with E-state index >= 15 is 0 Å². The third kappa shape index (κ3) is 2.31. The Bertz CT molecular complexity index is 466. The minimum absolute atomic E-state index is 0.262. The van der Waals surface area contributed by atoms with Crippen LogP contribution in [-0.2, 0) is 5.41 Å². The largest absolute Gasteiger partial charge is 0.385 e. The first-order chi connectivity index (χ1) is 8.45. The van der Waals surface area contributed by atoms with Crippen molar-refractivity contribution in [1.82, 2.24) is 0 Å². The molecule has 0 saturated carbocycles. The van der Waals surface area contributed by atoms with Gasteiger partial charge in [-0.1, -0.05) is 39.8 Å². The van der Waals surface area contributed by atoms with Crippen LogP contribution in [0.15, 0.2) is 24.3 Å². The van der Waals surface area contributed by atoms with Crippen molar-refractivity contribution in [2.75, 3.05) is 11.9 Å². The molecule has 0 radical (unpaired) electrons. The van der Waals surface area contributed by atoms with Crippen LogP contribution in [0.1, 0.15) is 52.2 Å². The lowest BCUT2D eigenvalue weighted by atomic mass is 9.71. The molecule has 0 atom stereocenters. The molecule has 18 heavy (non-hydrogen) atoms. The molecule has 0 amide bonds. The van der Waals surface area contributed by atoms with Crippen molar-refractivity contribution in [3.05, 3.63) is 35.4 Å². The van der Waals surface area contributed by atoms with E-state index in [0.717, 1.165) is 13.0 Å². The van der Waals surface area contributed by atoms with Crippen molar-refractivity contribution in [2.24, 2.45) is 5.92 Å². The lowest BCUT2D eigenvalue weighted by Gasteiger charge is -2.33. The smallest absolute Gasteiger partial charge is 0.0346 e. The van der Waals surface area contributed by atoms with Gasteiger partial charge in [-0.3, -0.25) is 0 Å². The lowest BCUT2D eigenvalue weighted by molar-refractivity contribution is 0.523. The lowest BCUT2D eigenvalue weighted by Crippen LogP contribution is -2.22. The predicted molar refractivity (Wildman–Crippen MR) is 81.1 cm³/mol. The molecule has 1 aromatic carbocycles. The van der Waals surface area contributed by atoms with Crippen molar-refractivity contribution in [3.63, 3.8) is 0 Å². The molecule has 98 valence electrons. The van der Waals surface area contributed by atoms with Crippen molar-refractivity contribution in [2.45, 2.75) is 46.5 Å². The number of allylic oxidation sites excluding steroid dienone is 2. The Morgan fingerprint density at radius 2 is 2.00 bits per heavy atom. The summed E-state index contributed by atoms with van der Waals surface area (Å²) in [5, 5.41) is 3.42. The van der Waals surface area contributed by atoms with Crippen molar-refractivity contribution < 1.29 is 0 Å². The highest BCUT2D eigenvalue weighted by molar-refractivity contribution is 5.75. The maximum atomic E-state index is 3.42. The van der Waals surface area contributed by atoms with Crippen molar-refractivity contribution in [1.29, 1.82) is 0 Å². The van der Waals surface area contributed by atoms with Gasteiger partial charge >= 0.3 is 0 Å². The summed E-state index contributed by atoms with van der Waals surface area (Å²) in [4.78, 5) is 0. The summed E-state index contributed by atoms with van der Waals surface area (Å²) in [6.07, 6.45) is 3.58. The zero-order chi connectivity index (χ0) is 13.3. The predicted octanol–water partition coefficient (Wildman–Crippen LogP) is 4.84. The fourth-order valence-electron chi connectivity index (χ4n) is 2.82. The van der Waals surface area contributed by atoms with Crippen LogP contribution in [0.2, 0.25) is 0 Å². The number of benzene rings is 1. The number of fused-ring (bicyclic) bond motifs is 1. The molecule has 0 fully saturated rings. The van der Waals surface area contributed by atoms with E-state index in [1.165, 1.54) is 22.4 Å². The first-order valence-electron chi connectivity index (χ1n) is 7.04. The Morgan fingerprint density at radius 1 is 1.28 bits per heavy atom. The SMILES string of the molecule is CCNc1ccc2c(c1)C(C(C)C)=CCC2(C)C. The number of nitrogens with one attached hydrogen (secondary N) is 1. The van der Waals surface area contributed by atoms with Crippen LogP contribution in [0.4, 0.5) is 5.69 Å². The van der Waals surface area contributed by atoms with E-state index in [-0.39, 0.29) is 5.41 Å². The van der Waals surface area contributed by atoms with Crippen LogP contribution >= 0.6 is 0 Å². The molecule has 0 heterocycles. The van der Waals surface area contributed by atoms with Crippen LogP contribution in [-0.4, -0.2) is 6.54 Å². The highest BCUT2D eigenvalue weighted by atomic mass is 14.8. The summed E-state index contributed by atoms with van der Waals surface area (Å²) in [7, 11) is 0. The molecular weight excluding hydrogens is 218 g/mol. The van der Waals surface area contributed by atoms with Gasteiger partial charge in [0, 0.05) is 12.2 Å². The summed E-state index contributed by atoms with van der Waals surface area (Å²) < 4.78 is 0. The molecule has 0 spiro atoms. The van der Waals surface area contributed by atoms with Crippen molar-refractivity contribution >= 4 is 11.3 Å². The molecule has 0 aliphatic heterocycles. The van der Waals surface area contributed by atoms with Gasteiger partial charge in [0.05, 0.1) is 0 Å². The second-order valence-corrected chi connectivity index (χ2v) is 6.19. The normalized spacial score (nSPS) is 17.3. The molecule has 0 bridgehead atoms. The first-order valence-corrected chi connectivity index (χ1v) is 7.04. The highest BCUT2D eigenvalue weighted by Crippen LogP contribution is 2.42. The molecule has 1 nitrogen and oxygen atoms in total. The molecule has 1 aliphatic rings. The standard InChI is InChI=1S/C17H25N/c1-6-18-13-7-8-16-15(11-13)14(12(2)3)9-10-17(16,4)5/h7-9,11-12,18H,6,10H2,1-5H3. The molecule has 0 saturated heterocycles. The summed E-state index contributed by atoms with van der Waals surface area (Å²) >= 11 is 0. The van der Waals surface area contributed by atoms with Crippen LogP contribution in [0.25, 0.3) is 5.57 Å². The quantitative estimate of drug-likeness (QED) is 0.801. The maximum Gasteiger partial charge on any atom is 0.0346 e. The highest BCUT2D eigenvalue weighted by Gasteiger charge is 2.28. The minimum atomic E-state index is 0.262. The second kappa shape index (κ2) is 4.79. The van der Waals surface area contributed by atoms with Crippen LogP contribution in [0.3, 0.4) is 0 Å². The Balaban J connectivity index is 2.52. The summed E-state index contributed by atoms with van der Waals surface area (Å²) in [5.41, 5.74) is 5.94. The molecule has 1 aromatic rings. The van der Waals surface area contributed by atoms with E-state index in [1.54, 1.807) is 0 Å². The number of hydrogen-bond acceptors (Lipinski definition) is 1. The van der Waals surface area contributed by atoms with Gasteiger partial charge in [0.25, 0.3) is 0 Å². The monoisotopic (exact) mass is 243 g/mol. The fourth-order valence-corrected chi connectivity index (χ4v) is 2.82. The fraction of sp³-hybridized carbons (Fsp3) is 0.529. The van der Waals surface area contributed by atoms with Gasteiger partial charge in [-0.2, -0.15) is 0 Å². The molecule has 2 rings (SSSR count). The van der Waals surface area contributed by atoms with Gasteiger partial charge in [-0.05, 0) is 53.5 Å². The Hall–Kier alpha value is -1.24. The van der Waals surface area contributed by atoms with Crippen LogP contribution < -0.4 is 5.32 Å². The third-order valence-corrected chi connectivity index (χ3v) is 3.89. The van der Waals surface area contributed by atoms with E-state index in [2.05, 4.69) is 64.2 Å². The van der Waals surface area contributed by atoms with Gasteiger partial charge < -0.3 is 5.32 Å². The minimum Gasteiger partial charge on any atom is -0.385 e. The Labute approximate surface area is 111 Å². The second-order valence-electron chi connectivity index (χ2n) is 6.19. The average molecular weight is 243 g/mol. The third-order valence-electron chi connectivity index (χ3n) is 3.89. The Kier molecular flexibility index (Phi) is 3.52. The van der Waals surface area contributed by atoms with E-state index in [9.17, 15) is 0 Å². The van der Waals surface area contributed by atoms with Gasteiger partial charge in [0.15, 0.2) is 0 Å². The van der Waals surface area contributed by atoms with Crippen LogP contribution in [0.5, 0.6) is 0 Å². The number of hydrogen-bond donors (Lipinski definition) is 1. The van der Waals surface area contributed by atoms with E-state index in [0.29, 0.717) is 5.92 Å². The van der Waals surface area contributed by atoms with Crippen molar-refractivity contribution in [3.8, 4) is 0 Å². The van der Waals surface area contributed by atoms with E-state index < -0.39 is 0 Å². The molecular formula is C17H25N. The van der Waals surface area contributed by atoms with E-state index in [1.807, 2.05) is 0 Å². The molecule has 0 aromatic heterocycles. The topological polar surface area (TPSA) is 12.0 Å². The van der Waals surface area contributed by atoms with Gasteiger partial charge in [0.1, 0.15) is 0 Å². The van der Waals surface area contributed by atoms with E-state index in [4.69, 9.17) is 0 Å². The number of anilines is 1. The average Bonchev–Trinajstić information content (AvgIpc) is 2.28. The molecule has 1 heteroatoms. The maximum absolute atomic E-state index is 3.42. The van der Waals surface area contributed by atoms with Gasteiger partial charge in [-0.25, -0.2) is 0 Å². The first kappa shape index (κ1) is 13.2. The summed E-state index contributed by atoms with van der Waals surface area (Å²) in [5.74, 6) is 0.594. The molecule has 1 N–H and O–H groups in total. The molecule has 0 unspecified atom stereocenters. The van der Waals surface area contributed by atoms with Gasteiger partial charge in [0.2, 0.25) is 0 Å². The zero-order valence-corrected chi connectivity index (χ0v) is 12.3. The summed E-state index contributed by atoms with van der Waals surface area (Å²) in [6, 6.07) is 6.85. The molecule has 1 aliphatic carbocycles. The van der Waals surface area contributed by atoms with Gasteiger partial charge in [-0.15, -0.1) is 0 Å².